The van der Waals surface area contributed by atoms with Gasteiger partial charge in [-0.1, -0.05) is 12.1 Å². The van der Waals surface area contributed by atoms with Crippen LogP contribution in [0.5, 0.6) is 0 Å². The van der Waals surface area contributed by atoms with Gasteiger partial charge in [0.2, 0.25) is 0 Å². The number of rotatable bonds is 1. The van der Waals surface area contributed by atoms with E-state index in [0.29, 0.717) is 5.69 Å². The van der Waals surface area contributed by atoms with Crippen LogP contribution in [0.15, 0.2) is 30.6 Å². The summed E-state index contributed by atoms with van der Waals surface area (Å²) >= 11 is 0. The average molecular weight is 187 g/mol. The second-order valence-electron chi connectivity index (χ2n) is 3.51. The molecule has 0 radical (unpaired) electrons. The van der Waals surface area contributed by atoms with E-state index < -0.39 is 0 Å². The molecule has 72 valence electrons. The van der Waals surface area contributed by atoms with Gasteiger partial charge in [0.25, 0.3) is 0 Å². The van der Waals surface area contributed by atoms with E-state index in [-0.39, 0.29) is 0 Å². The summed E-state index contributed by atoms with van der Waals surface area (Å²) in [5.74, 6) is 0. The van der Waals surface area contributed by atoms with Crippen LogP contribution in [-0.4, -0.2) is 9.78 Å². The molecule has 2 aromatic rings. The smallest absolute Gasteiger partial charge is 0.0724 e. The first kappa shape index (κ1) is 8.81. The Morgan fingerprint density at radius 3 is 2.71 bits per heavy atom. The van der Waals surface area contributed by atoms with Crippen molar-refractivity contribution in [3.63, 3.8) is 0 Å². The molecule has 14 heavy (non-hydrogen) atoms. The third-order valence-electron chi connectivity index (χ3n) is 2.21. The van der Waals surface area contributed by atoms with Crippen LogP contribution in [-0.2, 0) is 0 Å². The average Bonchev–Trinajstić information content (AvgIpc) is 2.56. The minimum atomic E-state index is 0.686. The van der Waals surface area contributed by atoms with Crippen molar-refractivity contribution in [2.75, 3.05) is 5.73 Å². The number of hydrogen-bond donors (Lipinski definition) is 1. The van der Waals surface area contributed by atoms with Crippen LogP contribution in [0.4, 0.5) is 5.69 Å². The maximum Gasteiger partial charge on any atom is 0.0724 e. The first-order valence-electron chi connectivity index (χ1n) is 4.54. The molecular formula is C11H13N3. The minimum Gasteiger partial charge on any atom is -0.396 e. The molecule has 0 aliphatic carbocycles. The van der Waals surface area contributed by atoms with Gasteiger partial charge in [-0.05, 0) is 31.0 Å². The number of benzene rings is 1. The lowest BCUT2D eigenvalue weighted by molar-refractivity contribution is 0.871. The molecule has 0 atom stereocenters. The summed E-state index contributed by atoms with van der Waals surface area (Å²) in [5, 5.41) is 4.18. The van der Waals surface area contributed by atoms with Gasteiger partial charge in [-0.25, -0.2) is 4.68 Å². The van der Waals surface area contributed by atoms with Gasteiger partial charge in [0, 0.05) is 0 Å². The molecule has 0 unspecified atom stereocenters. The Kier molecular flexibility index (Phi) is 2.00. The standard InChI is InChI=1S/C11H13N3/c1-8-3-4-9(2)11(5-8)14-7-10(12)6-13-14/h3-7H,12H2,1-2H3. The minimum absolute atomic E-state index is 0.686. The number of aromatic nitrogens is 2. The van der Waals surface area contributed by atoms with Crippen LogP contribution >= 0.6 is 0 Å². The Morgan fingerprint density at radius 1 is 1.29 bits per heavy atom. The maximum atomic E-state index is 5.62. The van der Waals surface area contributed by atoms with Crippen LogP contribution in [0, 0.1) is 13.8 Å². The number of anilines is 1. The molecule has 0 spiro atoms. The molecule has 2 rings (SSSR count). The van der Waals surface area contributed by atoms with Crippen LogP contribution in [0.2, 0.25) is 0 Å². The van der Waals surface area contributed by atoms with E-state index in [1.165, 1.54) is 11.1 Å². The highest BCUT2D eigenvalue weighted by Gasteiger charge is 2.02. The quantitative estimate of drug-likeness (QED) is 0.742. The molecule has 2 N–H and O–H groups in total. The topological polar surface area (TPSA) is 43.8 Å². The number of nitrogen functional groups attached to an aromatic ring is 1. The number of nitrogens with zero attached hydrogens (tertiary/aromatic N) is 2. The van der Waals surface area contributed by atoms with E-state index in [4.69, 9.17) is 5.73 Å². The molecule has 0 amide bonds. The Morgan fingerprint density at radius 2 is 2.07 bits per heavy atom. The summed E-state index contributed by atoms with van der Waals surface area (Å²) in [4.78, 5) is 0. The van der Waals surface area contributed by atoms with Gasteiger partial charge in [0.15, 0.2) is 0 Å². The molecular weight excluding hydrogens is 174 g/mol. The van der Waals surface area contributed by atoms with Crippen LogP contribution in [0.25, 0.3) is 5.69 Å². The van der Waals surface area contributed by atoms with E-state index in [9.17, 15) is 0 Å². The Balaban J connectivity index is 2.55. The molecule has 3 heteroatoms. The van der Waals surface area contributed by atoms with E-state index in [1.807, 2.05) is 6.20 Å². The zero-order valence-corrected chi connectivity index (χ0v) is 8.36. The highest BCUT2D eigenvalue weighted by molar-refractivity contribution is 5.44. The maximum absolute atomic E-state index is 5.62. The SMILES string of the molecule is Cc1ccc(C)c(-n2cc(N)cn2)c1. The Bertz CT molecular complexity index is 457. The highest BCUT2D eigenvalue weighted by Crippen LogP contribution is 2.15. The van der Waals surface area contributed by atoms with Crippen molar-refractivity contribution in [2.24, 2.45) is 0 Å². The zero-order chi connectivity index (χ0) is 10.1. The van der Waals surface area contributed by atoms with Crippen molar-refractivity contribution in [1.29, 1.82) is 0 Å². The number of aryl methyl sites for hydroxylation is 2. The van der Waals surface area contributed by atoms with E-state index in [2.05, 4.69) is 37.1 Å². The fourth-order valence-electron chi connectivity index (χ4n) is 1.43. The van der Waals surface area contributed by atoms with E-state index in [0.717, 1.165) is 5.69 Å². The lowest BCUT2D eigenvalue weighted by Gasteiger charge is -2.06. The number of nitrogens with two attached hydrogens (primary N) is 1. The summed E-state index contributed by atoms with van der Waals surface area (Å²) in [7, 11) is 0. The normalized spacial score (nSPS) is 10.4. The molecule has 1 aromatic carbocycles. The third kappa shape index (κ3) is 1.48. The first-order chi connectivity index (χ1) is 6.66. The van der Waals surface area contributed by atoms with Gasteiger partial charge in [-0.2, -0.15) is 5.10 Å². The van der Waals surface area contributed by atoms with Crippen molar-refractivity contribution in [1.82, 2.24) is 9.78 Å². The fraction of sp³-hybridized carbons (Fsp3) is 0.182. The summed E-state index contributed by atoms with van der Waals surface area (Å²) in [6.07, 6.45) is 3.48. The molecule has 0 aliphatic heterocycles. The van der Waals surface area contributed by atoms with Gasteiger partial charge < -0.3 is 5.73 Å². The van der Waals surface area contributed by atoms with Crippen LogP contribution in [0.1, 0.15) is 11.1 Å². The van der Waals surface area contributed by atoms with E-state index >= 15 is 0 Å². The predicted molar refractivity (Wildman–Crippen MR) is 57.5 cm³/mol. The lowest BCUT2D eigenvalue weighted by Crippen LogP contribution is -1.97. The summed E-state index contributed by atoms with van der Waals surface area (Å²) in [5.41, 5.74) is 9.81. The van der Waals surface area contributed by atoms with Crippen molar-refractivity contribution in [3.05, 3.63) is 41.7 Å². The molecule has 0 aliphatic rings. The second kappa shape index (κ2) is 3.18. The summed E-state index contributed by atoms with van der Waals surface area (Å²) < 4.78 is 1.80. The Labute approximate surface area is 83.2 Å². The predicted octanol–water partition coefficient (Wildman–Crippen LogP) is 2.07. The van der Waals surface area contributed by atoms with Crippen molar-refractivity contribution >= 4 is 5.69 Å². The zero-order valence-electron chi connectivity index (χ0n) is 8.36. The summed E-state index contributed by atoms with van der Waals surface area (Å²) in [6.45, 7) is 4.13. The second-order valence-corrected chi connectivity index (χ2v) is 3.51. The third-order valence-corrected chi connectivity index (χ3v) is 2.21. The molecule has 3 nitrogen and oxygen atoms in total. The van der Waals surface area contributed by atoms with Gasteiger partial charge in [-0.3, -0.25) is 0 Å². The van der Waals surface area contributed by atoms with Crippen LogP contribution < -0.4 is 5.73 Å². The summed E-state index contributed by atoms with van der Waals surface area (Å²) in [6, 6.07) is 6.27. The van der Waals surface area contributed by atoms with Gasteiger partial charge in [0.05, 0.1) is 23.8 Å². The fourth-order valence-corrected chi connectivity index (χ4v) is 1.43. The lowest BCUT2D eigenvalue weighted by atomic mass is 10.1. The van der Waals surface area contributed by atoms with Crippen molar-refractivity contribution < 1.29 is 0 Å². The largest absolute Gasteiger partial charge is 0.396 e. The molecule has 1 heterocycles. The van der Waals surface area contributed by atoms with Crippen molar-refractivity contribution in [2.45, 2.75) is 13.8 Å². The van der Waals surface area contributed by atoms with Crippen LogP contribution in [0.3, 0.4) is 0 Å². The molecule has 0 saturated heterocycles. The van der Waals surface area contributed by atoms with Crippen molar-refractivity contribution in [3.8, 4) is 5.69 Å². The van der Waals surface area contributed by atoms with E-state index in [1.54, 1.807) is 10.9 Å². The monoisotopic (exact) mass is 187 g/mol. The highest BCUT2D eigenvalue weighted by atomic mass is 15.3. The molecule has 0 fully saturated rings. The van der Waals surface area contributed by atoms with Gasteiger partial charge in [-0.15, -0.1) is 0 Å². The first-order valence-corrected chi connectivity index (χ1v) is 4.54. The van der Waals surface area contributed by atoms with Gasteiger partial charge >= 0.3 is 0 Å². The van der Waals surface area contributed by atoms with Gasteiger partial charge in [0.1, 0.15) is 0 Å². The molecule has 1 aromatic heterocycles. The Hall–Kier alpha value is -1.77. The number of hydrogen-bond acceptors (Lipinski definition) is 2. The molecule has 0 bridgehead atoms. The molecule has 0 saturated carbocycles.